The van der Waals surface area contributed by atoms with Gasteiger partial charge in [-0.1, -0.05) is 6.42 Å². The summed E-state index contributed by atoms with van der Waals surface area (Å²) in [7, 11) is 3.05. The number of rotatable bonds is 4. The molecule has 0 aromatic heterocycles. The molecule has 1 heterocycles. The summed E-state index contributed by atoms with van der Waals surface area (Å²) in [5.41, 5.74) is -0.585. The first-order valence-electron chi connectivity index (χ1n) is 6.46. The van der Waals surface area contributed by atoms with Gasteiger partial charge in [0.15, 0.2) is 0 Å². The van der Waals surface area contributed by atoms with E-state index in [1.165, 1.54) is 7.11 Å². The highest BCUT2D eigenvalue weighted by Crippen LogP contribution is 2.25. The molecular weight excluding hydrogens is 232 g/mol. The van der Waals surface area contributed by atoms with Gasteiger partial charge in [-0.05, 0) is 33.2 Å². The van der Waals surface area contributed by atoms with E-state index in [2.05, 4.69) is 10.2 Å². The molecule has 0 saturated carbocycles. The van der Waals surface area contributed by atoms with Crippen LogP contribution < -0.4 is 5.32 Å². The van der Waals surface area contributed by atoms with Crippen LogP contribution in [0.15, 0.2) is 0 Å². The Bertz CT molecular complexity index is 315. The fourth-order valence-electron chi connectivity index (χ4n) is 2.49. The van der Waals surface area contributed by atoms with Crippen LogP contribution in [-0.4, -0.2) is 50.1 Å². The van der Waals surface area contributed by atoms with Gasteiger partial charge in [-0.25, -0.2) is 0 Å². The van der Waals surface area contributed by atoms with E-state index in [1.54, 1.807) is 7.05 Å². The van der Waals surface area contributed by atoms with Gasteiger partial charge in [0.05, 0.1) is 18.6 Å². The molecule has 5 nitrogen and oxygen atoms in total. The van der Waals surface area contributed by atoms with E-state index in [4.69, 9.17) is 4.74 Å². The maximum atomic E-state index is 11.8. The average Bonchev–Trinajstić information content (AvgIpc) is 2.37. The van der Waals surface area contributed by atoms with E-state index in [0.29, 0.717) is 6.54 Å². The van der Waals surface area contributed by atoms with Crippen molar-refractivity contribution in [2.45, 2.75) is 39.2 Å². The number of hydrogen-bond donors (Lipinski definition) is 1. The largest absolute Gasteiger partial charge is 0.469 e. The number of carbonyl (C=O) groups is 2. The first kappa shape index (κ1) is 15.0. The number of carbonyl (C=O) groups excluding carboxylic acids is 2. The molecule has 1 amide bonds. The summed E-state index contributed by atoms with van der Waals surface area (Å²) in [6.07, 6.45) is 2.99. The Morgan fingerprint density at radius 2 is 2.06 bits per heavy atom. The molecule has 1 N–H and O–H groups in total. The van der Waals surface area contributed by atoms with Crippen molar-refractivity contribution < 1.29 is 14.3 Å². The number of nitrogens with zero attached hydrogens (tertiary/aromatic N) is 1. The molecule has 1 saturated heterocycles. The van der Waals surface area contributed by atoms with E-state index in [0.717, 1.165) is 25.8 Å². The zero-order valence-electron chi connectivity index (χ0n) is 11.8. The second-order valence-corrected chi connectivity index (χ2v) is 5.47. The van der Waals surface area contributed by atoms with Crippen molar-refractivity contribution in [2.24, 2.45) is 5.41 Å². The lowest BCUT2D eigenvalue weighted by atomic mass is 9.90. The molecule has 0 aromatic rings. The maximum Gasteiger partial charge on any atom is 0.312 e. The highest BCUT2D eigenvalue weighted by molar-refractivity contribution is 5.81. The van der Waals surface area contributed by atoms with Crippen molar-refractivity contribution in [3.05, 3.63) is 0 Å². The first-order valence-corrected chi connectivity index (χ1v) is 6.46. The molecule has 0 bridgehead atoms. The number of amides is 1. The number of piperidine rings is 1. The number of ether oxygens (including phenoxy) is 1. The summed E-state index contributed by atoms with van der Waals surface area (Å²) >= 11 is 0. The van der Waals surface area contributed by atoms with Gasteiger partial charge in [0.1, 0.15) is 0 Å². The molecule has 1 aliphatic heterocycles. The van der Waals surface area contributed by atoms with Crippen LogP contribution in [0.25, 0.3) is 0 Å². The maximum absolute atomic E-state index is 11.8. The summed E-state index contributed by atoms with van der Waals surface area (Å²) in [5.74, 6) is -0.195. The molecule has 18 heavy (non-hydrogen) atoms. The molecule has 1 fully saturated rings. The zero-order chi connectivity index (χ0) is 13.8. The summed E-state index contributed by atoms with van der Waals surface area (Å²) < 4.78 is 4.81. The molecule has 0 aromatic carbocycles. The minimum Gasteiger partial charge on any atom is -0.469 e. The summed E-state index contributed by atoms with van der Waals surface area (Å²) in [5, 5.41) is 2.70. The van der Waals surface area contributed by atoms with Crippen molar-refractivity contribution in [3.8, 4) is 0 Å². The third-order valence-electron chi connectivity index (χ3n) is 3.50. The van der Waals surface area contributed by atoms with Gasteiger partial charge in [0.25, 0.3) is 0 Å². The number of hydrogen-bond acceptors (Lipinski definition) is 4. The van der Waals surface area contributed by atoms with E-state index >= 15 is 0 Å². The van der Waals surface area contributed by atoms with Crippen molar-refractivity contribution in [3.63, 3.8) is 0 Å². The third-order valence-corrected chi connectivity index (χ3v) is 3.50. The summed E-state index contributed by atoms with van der Waals surface area (Å²) in [6, 6.07) is -0.118. The minimum absolute atomic E-state index is 0.0374. The highest BCUT2D eigenvalue weighted by Gasteiger charge is 2.36. The van der Waals surface area contributed by atoms with E-state index < -0.39 is 5.41 Å². The van der Waals surface area contributed by atoms with Crippen LogP contribution in [0.5, 0.6) is 0 Å². The lowest BCUT2D eigenvalue weighted by Crippen LogP contribution is -2.52. The van der Waals surface area contributed by atoms with Gasteiger partial charge in [-0.15, -0.1) is 0 Å². The van der Waals surface area contributed by atoms with E-state index in [-0.39, 0.29) is 17.9 Å². The Kier molecular flexibility index (Phi) is 5.14. The SMILES string of the molecule is CNC(=O)C1CCCCN1CC(C)(C)C(=O)OC. The second kappa shape index (κ2) is 6.18. The van der Waals surface area contributed by atoms with Crippen molar-refractivity contribution in [1.82, 2.24) is 10.2 Å². The number of nitrogens with one attached hydrogen (secondary N) is 1. The molecule has 1 unspecified atom stereocenters. The number of likely N-dealkylation sites (N-methyl/N-ethyl adjacent to an activating group) is 1. The van der Waals surface area contributed by atoms with E-state index in [1.807, 2.05) is 13.8 Å². The molecule has 104 valence electrons. The fourth-order valence-corrected chi connectivity index (χ4v) is 2.49. The van der Waals surface area contributed by atoms with Crippen LogP contribution >= 0.6 is 0 Å². The first-order chi connectivity index (χ1) is 8.42. The topological polar surface area (TPSA) is 58.6 Å². The summed E-state index contributed by atoms with van der Waals surface area (Å²) in [4.78, 5) is 25.6. The third kappa shape index (κ3) is 3.45. The van der Waals surface area contributed by atoms with Gasteiger partial charge in [0.2, 0.25) is 5.91 Å². The van der Waals surface area contributed by atoms with Crippen LogP contribution in [0.4, 0.5) is 0 Å². The Morgan fingerprint density at radius 1 is 1.39 bits per heavy atom. The molecule has 1 aliphatic rings. The number of methoxy groups -OCH3 is 1. The fraction of sp³-hybridized carbons (Fsp3) is 0.846. The monoisotopic (exact) mass is 256 g/mol. The molecule has 0 spiro atoms. The average molecular weight is 256 g/mol. The molecule has 1 atom stereocenters. The Hall–Kier alpha value is -1.10. The number of likely N-dealkylation sites (tertiary alicyclic amines) is 1. The van der Waals surface area contributed by atoms with Gasteiger partial charge in [-0.3, -0.25) is 14.5 Å². The van der Waals surface area contributed by atoms with E-state index in [9.17, 15) is 9.59 Å². The standard InChI is InChI=1S/C13H24N2O3/c1-13(2,12(17)18-4)9-15-8-6-5-7-10(15)11(16)14-3/h10H,5-9H2,1-4H3,(H,14,16). The normalized spacial score (nSPS) is 21.4. The van der Waals surface area contributed by atoms with Crippen LogP contribution in [0.2, 0.25) is 0 Å². The minimum atomic E-state index is -0.585. The summed E-state index contributed by atoms with van der Waals surface area (Å²) in [6.45, 7) is 5.12. The zero-order valence-corrected chi connectivity index (χ0v) is 11.8. The van der Waals surface area contributed by atoms with Crippen molar-refractivity contribution >= 4 is 11.9 Å². The smallest absolute Gasteiger partial charge is 0.312 e. The van der Waals surface area contributed by atoms with Crippen molar-refractivity contribution in [2.75, 3.05) is 27.2 Å². The Morgan fingerprint density at radius 3 is 2.61 bits per heavy atom. The second-order valence-electron chi connectivity index (χ2n) is 5.47. The Labute approximate surface area is 109 Å². The lowest BCUT2D eigenvalue weighted by molar-refractivity contribution is -0.153. The Balaban J connectivity index is 2.73. The van der Waals surface area contributed by atoms with Gasteiger partial charge < -0.3 is 10.1 Å². The van der Waals surface area contributed by atoms with Crippen LogP contribution in [0, 0.1) is 5.41 Å². The van der Waals surface area contributed by atoms with Gasteiger partial charge >= 0.3 is 5.97 Å². The van der Waals surface area contributed by atoms with Gasteiger partial charge in [-0.2, -0.15) is 0 Å². The predicted molar refractivity (Wildman–Crippen MR) is 69.1 cm³/mol. The molecular formula is C13H24N2O3. The van der Waals surface area contributed by atoms with Crippen LogP contribution in [0.1, 0.15) is 33.1 Å². The van der Waals surface area contributed by atoms with Gasteiger partial charge in [0, 0.05) is 13.6 Å². The predicted octanol–water partition coefficient (Wildman–Crippen LogP) is 0.786. The molecule has 1 rings (SSSR count). The van der Waals surface area contributed by atoms with Crippen molar-refractivity contribution in [1.29, 1.82) is 0 Å². The molecule has 0 aliphatic carbocycles. The number of esters is 1. The lowest BCUT2D eigenvalue weighted by Gasteiger charge is -2.38. The van der Waals surface area contributed by atoms with Crippen LogP contribution in [0.3, 0.4) is 0 Å². The van der Waals surface area contributed by atoms with Crippen LogP contribution in [-0.2, 0) is 14.3 Å². The quantitative estimate of drug-likeness (QED) is 0.755. The highest BCUT2D eigenvalue weighted by atomic mass is 16.5. The molecule has 5 heteroatoms. The molecule has 0 radical (unpaired) electrons.